The number of nitrogens with zero attached hydrogens (tertiary/aromatic N) is 1. The van der Waals surface area contributed by atoms with Gasteiger partial charge in [-0.05, 0) is 64.6 Å². The summed E-state index contributed by atoms with van der Waals surface area (Å²) in [5.41, 5.74) is 10.5. The van der Waals surface area contributed by atoms with Crippen molar-refractivity contribution < 1.29 is 14.3 Å². The zero-order chi connectivity index (χ0) is 22.4. The predicted octanol–water partition coefficient (Wildman–Crippen LogP) is 5.53. The third kappa shape index (κ3) is 6.03. The van der Waals surface area contributed by atoms with Crippen LogP contribution in [0.1, 0.15) is 21.5 Å². The fourth-order valence-corrected chi connectivity index (χ4v) is 3.92. The standard InChI is InChI=1S/C22H18Cl2IN3O3/c1-30-20-9-13(11-27-28-22(29)16-4-2-3-5-19(16)26)8-18(25)21(20)31-12-14-6-7-15(23)10-17(14)24/h2-11H,12,26H2,1H3,(H,28,29)/b27-11-. The Hall–Kier alpha value is -2.49. The zero-order valence-corrected chi connectivity index (χ0v) is 20.0. The molecule has 0 heterocycles. The Morgan fingerprint density at radius 2 is 1.97 bits per heavy atom. The largest absolute Gasteiger partial charge is 0.493 e. The van der Waals surface area contributed by atoms with Gasteiger partial charge < -0.3 is 15.2 Å². The van der Waals surface area contributed by atoms with E-state index in [1.165, 1.54) is 6.21 Å². The highest BCUT2D eigenvalue weighted by atomic mass is 127. The van der Waals surface area contributed by atoms with E-state index in [0.717, 1.165) is 14.7 Å². The van der Waals surface area contributed by atoms with Crippen molar-refractivity contribution >= 4 is 63.6 Å². The van der Waals surface area contributed by atoms with Gasteiger partial charge in [0.15, 0.2) is 11.5 Å². The van der Waals surface area contributed by atoms with Crippen LogP contribution in [0.4, 0.5) is 5.69 Å². The van der Waals surface area contributed by atoms with E-state index >= 15 is 0 Å². The molecule has 3 N–H and O–H groups in total. The molecule has 0 aliphatic heterocycles. The van der Waals surface area contributed by atoms with E-state index in [2.05, 4.69) is 33.1 Å². The zero-order valence-electron chi connectivity index (χ0n) is 16.4. The van der Waals surface area contributed by atoms with Crippen molar-refractivity contribution in [3.8, 4) is 11.5 Å². The predicted molar refractivity (Wildman–Crippen MR) is 132 cm³/mol. The van der Waals surface area contributed by atoms with Gasteiger partial charge in [0.1, 0.15) is 6.61 Å². The van der Waals surface area contributed by atoms with Crippen LogP contribution in [-0.4, -0.2) is 19.2 Å². The summed E-state index contributed by atoms with van der Waals surface area (Å²) in [6.45, 7) is 0.254. The number of halogens is 3. The van der Waals surface area contributed by atoms with Crippen molar-refractivity contribution in [2.24, 2.45) is 5.10 Å². The molecule has 0 spiro atoms. The van der Waals surface area contributed by atoms with Gasteiger partial charge in [0.05, 0.1) is 22.5 Å². The molecule has 0 aliphatic carbocycles. The van der Waals surface area contributed by atoms with E-state index in [-0.39, 0.29) is 6.61 Å². The molecule has 3 rings (SSSR count). The fraction of sp³-hybridized carbons (Fsp3) is 0.0909. The lowest BCUT2D eigenvalue weighted by Gasteiger charge is -2.14. The molecule has 0 aliphatic rings. The molecule has 6 nitrogen and oxygen atoms in total. The summed E-state index contributed by atoms with van der Waals surface area (Å²) in [6.07, 6.45) is 1.52. The fourth-order valence-electron chi connectivity index (χ4n) is 2.67. The van der Waals surface area contributed by atoms with Crippen LogP contribution in [0, 0.1) is 3.57 Å². The third-order valence-electron chi connectivity index (χ3n) is 4.22. The highest BCUT2D eigenvalue weighted by Crippen LogP contribution is 2.34. The van der Waals surface area contributed by atoms with E-state index < -0.39 is 5.91 Å². The second kappa shape index (κ2) is 10.7. The maximum Gasteiger partial charge on any atom is 0.273 e. The number of amides is 1. The normalized spacial score (nSPS) is 10.8. The Balaban J connectivity index is 1.72. The van der Waals surface area contributed by atoms with Gasteiger partial charge in [0, 0.05) is 21.3 Å². The lowest BCUT2D eigenvalue weighted by molar-refractivity contribution is 0.0956. The van der Waals surface area contributed by atoms with Crippen molar-refractivity contribution in [2.75, 3.05) is 12.8 Å². The number of carbonyl (C=O) groups excluding carboxylic acids is 1. The Labute approximate surface area is 203 Å². The van der Waals surface area contributed by atoms with Gasteiger partial charge >= 0.3 is 0 Å². The van der Waals surface area contributed by atoms with Gasteiger partial charge in [-0.1, -0.05) is 41.4 Å². The summed E-state index contributed by atoms with van der Waals surface area (Å²) >= 11 is 14.3. The number of carbonyl (C=O) groups is 1. The minimum absolute atomic E-state index is 0.254. The van der Waals surface area contributed by atoms with E-state index in [4.69, 9.17) is 38.4 Å². The number of hydrogen-bond donors (Lipinski definition) is 2. The van der Waals surface area contributed by atoms with Gasteiger partial charge in [-0.15, -0.1) is 0 Å². The highest BCUT2D eigenvalue weighted by molar-refractivity contribution is 14.1. The second-order valence-electron chi connectivity index (χ2n) is 6.34. The molecule has 0 fully saturated rings. The molecule has 0 unspecified atom stereocenters. The summed E-state index contributed by atoms with van der Waals surface area (Å²) in [5, 5.41) is 5.10. The topological polar surface area (TPSA) is 85.9 Å². The average Bonchev–Trinajstić information content (AvgIpc) is 2.74. The van der Waals surface area contributed by atoms with E-state index in [1.54, 1.807) is 49.6 Å². The summed E-state index contributed by atoms with van der Waals surface area (Å²) in [4.78, 5) is 12.2. The molecule has 0 saturated heterocycles. The summed E-state index contributed by atoms with van der Waals surface area (Å²) in [5.74, 6) is 0.709. The van der Waals surface area contributed by atoms with Gasteiger partial charge in [0.25, 0.3) is 5.91 Å². The lowest BCUT2D eigenvalue weighted by atomic mass is 10.2. The van der Waals surface area contributed by atoms with Crippen LogP contribution in [0.3, 0.4) is 0 Å². The molecule has 9 heteroatoms. The maximum atomic E-state index is 12.2. The minimum atomic E-state index is -0.393. The molecule has 3 aromatic rings. The number of nitrogens with two attached hydrogens (primary N) is 1. The second-order valence-corrected chi connectivity index (χ2v) is 8.35. The molecule has 0 saturated carbocycles. The van der Waals surface area contributed by atoms with Crippen molar-refractivity contribution in [3.63, 3.8) is 0 Å². The number of benzene rings is 3. The summed E-state index contributed by atoms with van der Waals surface area (Å²) in [7, 11) is 1.55. The first kappa shape index (κ1) is 23.2. The van der Waals surface area contributed by atoms with Crippen LogP contribution in [0.15, 0.2) is 59.7 Å². The van der Waals surface area contributed by atoms with Crippen LogP contribution < -0.4 is 20.6 Å². The number of hydrogen-bond acceptors (Lipinski definition) is 5. The van der Waals surface area contributed by atoms with E-state index in [1.807, 2.05) is 12.1 Å². The van der Waals surface area contributed by atoms with Gasteiger partial charge in [-0.3, -0.25) is 4.79 Å². The monoisotopic (exact) mass is 569 g/mol. The summed E-state index contributed by atoms with van der Waals surface area (Å²) < 4.78 is 12.2. The van der Waals surface area contributed by atoms with Crippen LogP contribution in [0.2, 0.25) is 10.0 Å². The molecule has 1 amide bonds. The molecule has 160 valence electrons. The Morgan fingerprint density at radius 3 is 2.68 bits per heavy atom. The highest BCUT2D eigenvalue weighted by Gasteiger charge is 2.13. The number of nitrogens with one attached hydrogen (secondary N) is 1. The Bertz CT molecular complexity index is 1140. The molecular weight excluding hydrogens is 552 g/mol. The van der Waals surface area contributed by atoms with Crippen LogP contribution in [-0.2, 0) is 6.61 Å². The maximum absolute atomic E-state index is 12.2. The lowest BCUT2D eigenvalue weighted by Crippen LogP contribution is -2.19. The molecular formula is C22H18Cl2IN3O3. The quantitative estimate of drug-likeness (QED) is 0.169. The smallest absolute Gasteiger partial charge is 0.273 e. The van der Waals surface area contributed by atoms with E-state index in [9.17, 15) is 4.79 Å². The SMILES string of the molecule is COc1cc(/C=N\NC(=O)c2ccccc2N)cc(I)c1OCc1ccc(Cl)cc1Cl. The first-order valence-corrected chi connectivity index (χ1v) is 10.8. The molecule has 3 aromatic carbocycles. The summed E-state index contributed by atoms with van der Waals surface area (Å²) in [6, 6.07) is 15.6. The van der Waals surface area contributed by atoms with Gasteiger partial charge in [-0.2, -0.15) is 5.10 Å². The van der Waals surface area contributed by atoms with Crippen molar-refractivity contribution in [2.45, 2.75) is 6.61 Å². The molecule has 0 radical (unpaired) electrons. The molecule has 0 bridgehead atoms. The molecule has 31 heavy (non-hydrogen) atoms. The van der Waals surface area contributed by atoms with Crippen molar-refractivity contribution in [1.29, 1.82) is 0 Å². The van der Waals surface area contributed by atoms with Gasteiger partial charge in [0.2, 0.25) is 0 Å². The molecule has 0 atom stereocenters. The first-order chi connectivity index (χ1) is 14.9. The van der Waals surface area contributed by atoms with E-state index in [0.29, 0.717) is 32.8 Å². The van der Waals surface area contributed by atoms with Crippen molar-refractivity contribution in [1.82, 2.24) is 5.43 Å². The number of nitrogen functional groups attached to an aromatic ring is 1. The van der Waals surface area contributed by atoms with Crippen LogP contribution >= 0.6 is 45.8 Å². The average molecular weight is 570 g/mol. The number of methoxy groups -OCH3 is 1. The number of hydrazone groups is 1. The molecule has 0 aromatic heterocycles. The number of rotatable bonds is 7. The van der Waals surface area contributed by atoms with Gasteiger partial charge in [-0.25, -0.2) is 5.43 Å². The van der Waals surface area contributed by atoms with Crippen LogP contribution in [0.25, 0.3) is 0 Å². The number of ether oxygens (including phenoxy) is 2. The third-order valence-corrected chi connectivity index (χ3v) is 5.61. The minimum Gasteiger partial charge on any atom is -0.493 e. The Kier molecular flexibility index (Phi) is 8.00. The Morgan fingerprint density at radius 1 is 1.19 bits per heavy atom. The number of para-hydroxylation sites is 1. The van der Waals surface area contributed by atoms with Crippen LogP contribution in [0.5, 0.6) is 11.5 Å². The van der Waals surface area contributed by atoms with Crippen molar-refractivity contribution in [3.05, 3.63) is 84.9 Å². The first-order valence-electron chi connectivity index (χ1n) is 9.01. The number of anilines is 1.